The highest BCUT2D eigenvalue weighted by Crippen LogP contribution is 2.23. The summed E-state index contributed by atoms with van der Waals surface area (Å²) in [5.41, 5.74) is 9.96. The first kappa shape index (κ1) is 12.6. The highest BCUT2D eigenvalue weighted by Gasteiger charge is 2.10. The molecular weight excluding hydrogens is 250 g/mol. The number of hydrogen-bond donors (Lipinski definition) is 2. The molecule has 0 saturated heterocycles. The first-order chi connectivity index (χ1) is 9.78. The molecule has 3 aromatic rings. The molecule has 102 valence electrons. The Bertz CT molecular complexity index is 718. The number of anilines is 2. The molecule has 3 rings (SSSR count). The van der Waals surface area contributed by atoms with Crippen LogP contribution in [0.25, 0.3) is 11.0 Å². The number of nitrogens with two attached hydrogens (primary N) is 1. The van der Waals surface area contributed by atoms with Gasteiger partial charge >= 0.3 is 0 Å². The van der Waals surface area contributed by atoms with Crippen molar-refractivity contribution in [1.29, 1.82) is 0 Å². The Morgan fingerprint density at radius 3 is 2.75 bits per heavy atom. The highest BCUT2D eigenvalue weighted by molar-refractivity contribution is 5.80. The quantitative estimate of drug-likeness (QED) is 0.762. The van der Waals surface area contributed by atoms with Crippen molar-refractivity contribution in [2.75, 3.05) is 11.9 Å². The highest BCUT2D eigenvalue weighted by atomic mass is 15.2. The van der Waals surface area contributed by atoms with Crippen molar-refractivity contribution in [3.8, 4) is 0 Å². The minimum Gasteiger partial charge on any atom is -0.329 e. The zero-order valence-electron chi connectivity index (χ0n) is 11.4. The molecule has 2 aromatic heterocycles. The lowest BCUT2D eigenvalue weighted by Crippen LogP contribution is -2.12. The van der Waals surface area contributed by atoms with Crippen LogP contribution in [0, 0.1) is 6.92 Å². The molecule has 1 aromatic carbocycles. The van der Waals surface area contributed by atoms with Crippen molar-refractivity contribution in [1.82, 2.24) is 14.5 Å². The van der Waals surface area contributed by atoms with Gasteiger partial charge in [0.1, 0.15) is 0 Å². The van der Waals surface area contributed by atoms with Gasteiger partial charge in [-0.15, -0.1) is 0 Å². The molecule has 0 atom stereocenters. The maximum atomic E-state index is 5.72. The molecule has 5 nitrogen and oxygen atoms in total. The van der Waals surface area contributed by atoms with E-state index in [1.807, 2.05) is 12.1 Å². The zero-order valence-corrected chi connectivity index (χ0v) is 11.4. The number of benzene rings is 1. The average Bonchev–Trinajstić information content (AvgIpc) is 2.77. The molecule has 20 heavy (non-hydrogen) atoms. The Balaban J connectivity index is 2.06. The third-order valence-corrected chi connectivity index (χ3v) is 3.19. The Morgan fingerprint density at radius 1 is 1.20 bits per heavy atom. The minimum absolute atomic E-state index is 0.574. The molecule has 0 aliphatic heterocycles. The third kappa shape index (κ3) is 2.35. The fourth-order valence-corrected chi connectivity index (χ4v) is 2.26. The van der Waals surface area contributed by atoms with Gasteiger partial charge in [-0.25, -0.2) is 4.98 Å². The van der Waals surface area contributed by atoms with Gasteiger partial charge in [0.05, 0.1) is 11.0 Å². The van der Waals surface area contributed by atoms with Crippen molar-refractivity contribution < 1.29 is 0 Å². The smallest absolute Gasteiger partial charge is 0.208 e. The molecule has 0 saturated carbocycles. The van der Waals surface area contributed by atoms with Gasteiger partial charge in [0, 0.05) is 31.2 Å². The molecule has 0 aliphatic carbocycles. The summed E-state index contributed by atoms with van der Waals surface area (Å²) in [6.45, 7) is 3.37. The summed E-state index contributed by atoms with van der Waals surface area (Å²) >= 11 is 0. The van der Waals surface area contributed by atoms with E-state index >= 15 is 0 Å². The van der Waals surface area contributed by atoms with E-state index in [0.717, 1.165) is 29.2 Å². The molecule has 3 N–H and O–H groups in total. The van der Waals surface area contributed by atoms with Crippen molar-refractivity contribution in [3.05, 3.63) is 48.3 Å². The minimum atomic E-state index is 0.574. The number of nitrogens with one attached hydrogen (secondary N) is 1. The van der Waals surface area contributed by atoms with Crippen molar-refractivity contribution in [2.24, 2.45) is 5.73 Å². The SMILES string of the molecule is Cc1ccc2c(c1)nc(Nc1ccncc1)n2CCN. The molecule has 2 heterocycles. The van der Waals surface area contributed by atoms with Crippen LogP contribution in [-0.4, -0.2) is 21.1 Å². The second kappa shape index (κ2) is 5.30. The van der Waals surface area contributed by atoms with Gasteiger partial charge in [-0.1, -0.05) is 6.07 Å². The lowest BCUT2D eigenvalue weighted by Gasteiger charge is -2.09. The van der Waals surface area contributed by atoms with Gasteiger partial charge in [0.15, 0.2) is 0 Å². The molecule has 0 aliphatic rings. The second-order valence-corrected chi connectivity index (χ2v) is 4.73. The summed E-state index contributed by atoms with van der Waals surface area (Å²) in [5.74, 6) is 0.808. The number of hydrogen-bond acceptors (Lipinski definition) is 4. The molecular formula is C15H17N5. The van der Waals surface area contributed by atoms with Crippen LogP contribution in [-0.2, 0) is 6.54 Å². The second-order valence-electron chi connectivity index (χ2n) is 4.73. The number of nitrogens with zero attached hydrogens (tertiary/aromatic N) is 3. The van der Waals surface area contributed by atoms with Gasteiger partial charge in [0.2, 0.25) is 5.95 Å². The maximum Gasteiger partial charge on any atom is 0.208 e. The molecule has 0 amide bonds. The van der Waals surface area contributed by atoms with E-state index in [2.05, 4.69) is 45.0 Å². The fourth-order valence-electron chi connectivity index (χ4n) is 2.26. The van der Waals surface area contributed by atoms with Gasteiger partial charge < -0.3 is 15.6 Å². The van der Waals surface area contributed by atoms with Gasteiger partial charge in [0.25, 0.3) is 0 Å². The number of pyridine rings is 1. The van der Waals surface area contributed by atoms with Crippen molar-refractivity contribution >= 4 is 22.7 Å². The van der Waals surface area contributed by atoms with Gasteiger partial charge in [-0.3, -0.25) is 4.98 Å². The number of fused-ring (bicyclic) bond motifs is 1. The van der Waals surface area contributed by atoms with Crippen LogP contribution in [0.4, 0.5) is 11.6 Å². The zero-order chi connectivity index (χ0) is 13.9. The van der Waals surface area contributed by atoms with Crippen LogP contribution in [0.1, 0.15) is 5.56 Å². The van der Waals surface area contributed by atoms with Crippen LogP contribution in [0.15, 0.2) is 42.7 Å². The van der Waals surface area contributed by atoms with E-state index in [-0.39, 0.29) is 0 Å². The molecule has 0 fully saturated rings. The summed E-state index contributed by atoms with van der Waals surface area (Å²) in [6.07, 6.45) is 3.50. The predicted octanol–water partition coefficient (Wildman–Crippen LogP) is 2.44. The van der Waals surface area contributed by atoms with Crippen molar-refractivity contribution in [2.45, 2.75) is 13.5 Å². The van der Waals surface area contributed by atoms with E-state index in [1.165, 1.54) is 5.56 Å². The summed E-state index contributed by atoms with van der Waals surface area (Å²) in [7, 11) is 0. The van der Waals surface area contributed by atoms with Crippen LogP contribution >= 0.6 is 0 Å². The largest absolute Gasteiger partial charge is 0.329 e. The molecule has 5 heteroatoms. The number of rotatable bonds is 4. The summed E-state index contributed by atoms with van der Waals surface area (Å²) in [6, 6.07) is 10.1. The topological polar surface area (TPSA) is 68.8 Å². The van der Waals surface area contributed by atoms with E-state index < -0.39 is 0 Å². The average molecular weight is 267 g/mol. The monoisotopic (exact) mass is 267 g/mol. The summed E-state index contributed by atoms with van der Waals surface area (Å²) < 4.78 is 2.11. The Hall–Kier alpha value is -2.40. The fraction of sp³-hybridized carbons (Fsp3) is 0.200. The van der Waals surface area contributed by atoms with Crippen LogP contribution in [0.5, 0.6) is 0 Å². The van der Waals surface area contributed by atoms with E-state index in [9.17, 15) is 0 Å². The first-order valence-corrected chi connectivity index (χ1v) is 6.62. The third-order valence-electron chi connectivity index (χ3n) is 3.19. The van der Waals surface area contributed by atoms with Crippen LogP contribution in [0.3, 0.4) is 0 Å². The molecule has 0 bridgehead atoms. The molecule has 0 unspecified atom stereocenters. The van der Waals surface area contributed by atoms with E-state index in [0.29, 0.717) is 6.54 Å². The summed E-state index contributed by atoms with van der Waals surface area (Å²) in [5, 5.41) is 3.32. The van der Waals surface area contributed by atoms with Crippen molar-refractivity contribution in [3.63, 3.8) is 0 Å². The number of aromatic nitrogens is 3. The lowest BCUT2D eigenvalue weighted by molar-refractivity contribution is 0.736. The van der Waals surface area contributed by atoms with Gasteiger partial charge in [-0.05, 0) is 36.8 Å². The Kier molecular flexibility index (Phi) is 3.35. The molecule has 0 spiro atoms. The van der Waals surface area contributed by atoms with Crippen LogP contribution in [0.2, 0.25) is 0 Å². The predicted molar refractivity (Wildman–Crippen MR) is 81.0 cm³/mol. The van der Waals surface area contributed by atoms with Crippen LogP contribution < -0.4 is 11.1 Å². The maximum absolute atomic E-state index is 5.72. The Labute approximate surface area is 117 Å². The lowest BCUT2D eigenvalue weighted by atomic mass is 10.2. The van der Waals surface area contributed by atoms with Gasteiger partial charge in [-0.2, -0.15) is 0 Å². The Morgan fingerprint density at radius 2 is 2.00 bits per heavy atom. The van der Waals surface area contributed by atoms with E-state index in [1.54, 1.807) is 12.4 Å². The normalized spacial score (nSPS) is 10.9. The number of imidazole rings is 1. The number of aryl methyl sites for hydroxylation is 1. The molecule has 0 radical (unpaired) electrons. The standard InChI is InChI=1S/C15H17N5/c1-11-2-3-14-13(10-11)19-15(20(14)9-6-16)18-12-4-7-17-8-5-12/h2-5,7-8,10H,6,9,16H2,1H3,(H,17,18,19). The van der Waals surface area contributed by atoms with E-state index in [4.69, 9.17) is 5.73 Å². The first-order valence-electron chi connectivity index (χ1n) is 6.62. The summed E-state index contributed by atoms with van der Waals surface area (Å²) in [4.78, 5) is 8.68.